The zero-order valence-electron chi connectivity index (χ0n) is 34.8. The molecule has 0 aliphatic heterocycles. The van der Waals surface area contributed by atoms with Crippen LogP contribution in [0.5, 0.6) is 0 Å². The van der Waals surface area contributed by atoms with E-state index in [4.69, 9.17) is 14.4 Å². The average Bonchev–Trinajstić information content (AvgIpc) is 3.96. The molecule has 0 saturated carbocycles. The van der Waals surface area contributed by atoms with Gasteiger partial charge in [0.05, 0.1) is 22.2 Å². The second-order valence-electron chi connectivity index (χ2n) is 17.3. The first-order valence-electron chi connectivity index (χ1n) is 21.6. The lowest BCUT2D eigenvalue weighted by atomic mass is 9.81. The fourth-order valence-corrected chi connectivity index (χ4v) is 10.3. The van der Waals surface area contributed by atoms with Gasteiger partial charge in [0, 0.05) is 54.7 Å². The molecule has 296 valence electrons. The molecular weight excluding hydrogens is 767 g/mol. The number of hydrogen-bond acceptors (Lipinski definition) is 3. The fourth-order valence-electron chi connectivity index (χ4n) is 10.3. The predicted molar refractivity (Wildman–Crippen MR) is 260 cm³/mol. The van der Waals surface area contributed by atoms with Crippen LogP contribution < -0.4 is 0 Å². The first-order valence-corrected chi connectivity index (χ1v) is 21.6. The highest BCUT2D eigenvalue weighted by molar-refractivity contribution is 6.11. The van der Waals surface area contributed by atoms with Gasteiger partial charge in [-0.2, -0.15) is 0 Å². The Balaban J connectivity index is 0.918. The maximum atomic E-state index is 6.46. The van der Waals surface area contributed by atoms with Gasteiger partial charge in [0.25, 0.3) is 0 Å². The molecule has 13 rings (SSSR count). The molecule has 0 atom stereocenters. The Labute approximate surface area is 364 Å². The van der Waals surface area contributed by atoms with E-state index in [1.165, 1.54) is 44.1 Å². The molecular formula is C59H39N3O. The van der Waals surface area contributed by atoms with Gasteiger partial charge in [0.1, 0.15) is 11.2 Å². The number of para-hydroxylation sites is 4. The summed E-state index contributed by atoms with van der Waals surface area (Å²) < 4.78 is 8.82. The molecule has 1 aliphatic carbocycles. The summed E-state index contributed by atoms with van der Waals surface area (Å²) in [6, 6.07) is 71.7. The molecule has 3 aromatic heterocycles. The van der Waals surface area contributed by atoms with Crippen molar-refractivity contribution in [3.05, 3.63) is 211 Å². The normalized spacial score (nSPS) is 13.0. The Morgan fingerprint density at radius 1 is 0.413 bits per heavy atom. The van der Waals surface area contributed by atoms with Gasteiger partial charge in [-0.15, -0.1) is 0 Å². The molecule has 3 heterocycles. The van der Waals surface area contributed by atoms with E-state index in [0.29, 0.717) is 0 Å². The average molecular weight is 806 g/mol. The second-order valence-corrected chi connectivity index (χ2v) is 17.3. The highest BCUT2D eigenvalue weighted by Gasteiger charge is 2.36. The number of fused-ring (bicyclic) bond motifs is 10. The highest BCUT2D eigenvalue weighted by Crippen LogP contribution is 2.51. The third-order valence-corrected chi connectivity index (χ3v) is 13.4. The van der Waals surface area contributed by atoms with Gasteiger partial charge in [0.15, 0.2) is 5.82 Å². The SMILES string of the molecule is CC1(C)c2ccc(-c3cccc4c3oc3ccccc34)cc2-c2ccc(-c3nc(-c4ccccc4)c4cc(-c5ccc6c(c5)c5ccccc5n6-c5ccccc5)ccc4n3)cc21. The lowest BCUT2D eigenvalue weighted by Gasteiger charge is -2.22. The zero-order chi connectivity index (χ0) is 41.8. The molecule has 0 unspecified atom stereocenters. The number of nitrogens with zero attached hydrogens (tertiary/aromatic N) is 3. The molecule has 0 N–H and O–H groups in total. The zero-order valence-corrected chi connectivity index (χ0v) is 34.8. The summed E-state index contributed by atoms with van der Waals surface area (Å²) in [5.74, 6) is 0.719. The van der Waals surface area contributed by atoms with Crippen molar-refractivity contribution in [3.8, 4) is 61.7 Å². The summed E-state index contributed by atoms with van der Waals surface area (Å²) in [5.41, 5.74) is 18.7. The number of benzene rings is 9. The van der Waals surface area contributed by atoms with Crippen molar-refractivity contribution in [1.82, 2.24) is 14.5 Å². The number of furan rings is 1. The van der Waals surface area contributed by atoms with E-state index in [0.717, 1.165) is 83.4 Å². The number of hydrogen-bond donors (Lipinski definition) is 0. The monoisotopic (exact) mass is 805 g/mol. The Hall–Kier alpha value is -8.08. The fraction of sp³-hybridized carbons (Fsp3) is 0.0508. The van der Waals surface area contributed by atoms with E-state index >= 15 is 0 Å². The summed E-state index contributed by atoms with van der Waals surface area (Å²) in [7, 11) is 0. The minimum atomic E-state index is -0.215. The molecule has 0 spiro atoms. The molecule has 0 fully saturated rings. The minimum absolute atomic E-state index is 0.215. The molecule has 0 bridgehead atoms. The van der Waals surface area contributed by atoms with Crippen molar-refractivity contribution in [2.24, 2.45) is 0 Å². The van der Waals surface area contributed by atoms with Crippen molar-refractivity contribution >= 4 is 54.6 Å². The summed E-state index contributed by atoms with van der Waals surface area (Å²) in [6.07, 6.45) is 0. The molecule has 9 aromatic carbocycles. The topological polar surface area (TPSA) is 43.9 Å². The van der Waals surface area contributed by atoms with Gasteiger partial charge in [-0.05, 0) is 99.6 Å². The molecule has 0 amide bonds. The van der Waals surface area contributed by atoms with Crippen molar-refractivity contribution < 1.29 is 4.42 Å². The molecule has 12 aromatic rings. The minimum Gasteiger partial charge on any atom is -0.455 e. The largest absolute Gasteiger partial charge is 0.455 e. The Morgan fingerprint density at radius 3 is 1.95 bits per heavy atom. The first-order chi connectivity index (χ1) is 31.0. The van der Waals surface area contributed by atoms with Gasteiger partial charge in [-0.25, -0.2) is 9.97 Å². The summed E-state index contributed by atoms with van der Waals surface area (Å²) in [6.45, 7) is 4.66. The molecule has 1 aliphatic rings. The lowest BCUT2D eigenvalue weighted by molar-refractivity contribution is 0.660. The number of aromatic nitrogens is 3. The van der Waals surface area contributed by atoms with Crippen LogP contribution in [0.25, 0.3) is 116 Å². The quantitative estimate of drug-likeness (QED) is 0.174. The lowest BCUT2D eigenvalue weighted by Crippen LogP contribution is -2.15. The summed E-state index contributed by atoms with van der Waals surface area (Å²) >= 11 is 0. The second kappa shape index (κ2) is 13.5. The van der Waals surface area contributed by atoms with Crippen LogP contribution in [-0.4, -0.2) is 14.5 Å². The summed E-state index contributed by atoms with van der Waals surface area (Å²) in [5, 5.41) is 5.76. The Bertz CT molecular complexity index is 3820. The predicted octanol–water partition coefficient (Wildman–Crippen LogP) is 15.6. The van der Waals surface area contributed by atoms with Gasteiger partial charge in [-0.1, -0.05) is 153 Å². The van der Waals surface area contributed by atoms with Crippen LogP contribution in [0.4, 0.5) is 0 Å². The van der Waals surface area contributed by atoms with Crippen molar-refractivity contribution in [1.29, 1.82) is 0 Å². The van der Waals surface area contributed by atoms with Crippen LogP contribution in [0, 0.1) is 0 Å². The van der Waals surface area contributed by atoms with Crippen molar-refractivity contribution in [2.45, 2.75) is 19.3 Å². The van der Waals surface area contributed by atoms with Gasteiger partial charge < -0.3 is 8.98 Å². The molecule has 0 saturated heterocycles. The smallest absolute Gasteiger partial charge is 0.160 e. The highest BCUT2D eigenvalue weighted by atomic mass is 16.3. The van der Waals surface area contributed by atoms with Crippen LogP contribution in [0.1, 0.15) is 25.0 Å². The van der Waals surface area contributed by atoms with Gasteiger partial charge in [-0.3, -0.25) is 0 Å². The number of rotatable bonds is 5. The van der Waals surface area contributed by atoms with Crippen LogP contribution in [0.15, 0.2) is 205 Å². The van der Waals surface area contributed by atoms with E-state index in [2.05, 4.69) is 206 Å². The van der Waals surface area contributed by atoms with E-state index in [1.807, 2.05) is 12.1 Å². The van der Waals surface area contributed by atoms with E-state index in [9.17, 15) is 0 Å². The first kappa shape index (κ1) is 35.7. The van der Waals surface area contributed by atoms with Gasteiger partial charge in [0.2, 0.25) is 0 Å². The van der Waals surface area contributed by atoms with Crippen LogP contribution in [-0.2, 0) is 5.41 Å². The van der Waals surface area contributed by atoms with E-state index < -0.39 is 0 Å². The molecule has 63 heavy (non-hydrogen) atoms. The maximum Gasteiger partial charge on any atom is 0.160 e. The molecule has 0 radical (unpaired) electrons. The van der Waals surface area contributed by atoms with E-state index in [1.54, 1.807) is 0 Å². The maximum absolute atomic E-state index is 6.46. The Morgan fingerprint density at radius 2 is 1.10 bits per heavy atom. The van der Waals surface area contributed by atoms with Gasteiger partial charge >= 0.3 is 0 Å². The van der Waals surface area contributed by atoms with Crippen LogP contribution in [0.2, 0.25) is 0 Å². The third kappa shape index (κ3) is 5.41. The Kier molecular flexibility index (Phi) is 7.62. The third-order valence-electron chi connectivity index (χ3n) is 13.4. The van der Waals surface area contributed by atoms with Crippen molar-refractivity contribution in [2.75, 3.05) is 0 Å². The van der Waals surface area contributed by atoms with Crippen LogP contribution in [0.3, 0.4) is 0 Å². The molecule has 4 heteroatoms. The summed E-state index contributed by atoms with van der Waals surface area (Å²) in [4.78, 5) is 10.7. The van der Waals surface area contributed by atoms with Crippen molar-refractivity contribution in [3.63, 3.8) is 0 Å². The standard InChI is InChI=1S/C59H39N3O/c1-59(2)50-29-25-39(42-20-13-21-46-45-19-10-12-23-55(45)63-57(42)46)34-47(50)43-28-24-40(35-51(43)59)58-60-52-30-26-37(33-49(52)56(61-58)36-14-5-3-6-15-36)38-27-31-54-48(32-38)44-18-9-11-22-53(44)62(54)41-16-7-4-8-17-41/h3-35H,1-2H3. The molecule has 4 nitrogen and oxygen atoms in total. The van der Waals surface area contributed by atoms with Crippen LogP contribution >= 0.6 is 0 Å². The van der Waals surface area contributed by atoms with E-state index in [-0.39, 0.29) is 5.41 Å².